The monoisotopic (exact) mass is 637 g/mol. The fourth-order valence-corrected chi connectivity index (χ4v) is 7.44. The van der Waals surface area contributed by atoms with Crippen LogP contribution < -0.4 is 15.8 Å². The lowest BCUT2D eigenvalue weighted by Crippen LogP contribution is -2.41. The number of anilines is 3. The van der Waals surface area contributed by atoms with Gasteiger partial charge in [-0.3, -0.25) is 14.4 Å². The molecular formula is C37H40FN5O4. The van der Waals surface area contributed by atoms with Gasteiger partial charge in [0.1, 0.15) is 23.8 Å². The lowest BCUT2D eigenvalue weighted by Gasteiger charge is -2.36. The van der Waals surface area contributed by atoms with Crippen LogP contribution in [0.1, 0.15) is 59.6 Å². The summed E-state index contributed by atoms with van der Waals surface area (Å²) in [5.41, 5.74) is 7.02. The molecule has 2 aromatic carbocycles. The molecule has 9 nitrogen and oxygen atoms in total. The first-order chi connectivity index (χ1) is 22.4. The molecule has 2 aromatic heterocycles. The molecule has 4 aromatic rings. The maximum Gasteiger partial charge on any atom is 0.302 e. The summed E-state index contributed by atoms with van der Waals surface area (Å²) in [6.45, 7) is 8.58. The van der Waals surface area contributed by atoms with Gasteiger partial charge in [0.05, 0.1) is 5.69 Å². The topological polar surface area (TPSA) is 88.8 Å². The molecule has 47 heavy (non-hydrogen) atoms. The smallest absolute Gasteiger partial charge is 0.302 e. The highest BCUT2D eigenvalue weighted by Crippen LogP contribution is 2.41. The van der Waals surface area contributed by atoms with Gasteiger partial charge < -0.3 is 29.0 Å². The van der Waals surface area contributed by atoms with Crippen molar-refractivity contribution in [2.24, 2.45) is 12.5 Å². The number of aromatic nitrogens is 2. The maximum atomic E-state index is 15.5. The Labute approximate surface area is 273 Å². The second-order valence-electron chi connectivity index (χ2n) is 14.1. The highest BCUT2D eigenvalue weighted by atomic mass is 19.1. The SMILES string of the molecule is CC(=O)OCc1c(-c2cc(Nc3ccc(C4CN(C)C4)cc3)c(=O)n(C)c2)cc(F)cc1N1CCn2c(cc3c2CC(C)(C)C3)C1=O. The van der Waals surface area contributed by atoms with E-state index in [4.69, 9.17) is 4.74 Å². The number of ether oxygens (including phenoxy) is 1. The molecule has 2 aliphatic heterocycles. The number of carbonyl (C=O) groups is 2. The average Bonchev–Trinajstić information content (AvgIpc) is 3.49. The average molecular weight is 638 g/mol. The number of nitrogens with one attached hydrogen (secondary N) is 1. The Kier molecular flexibility index (Phi) is 7.58. The Balaban J connectivity index is 1.25. The van der Waals surface area contributed by atoms with Gasteiger partial charge in [-0.1, -0.05) is 26.0 Å². The van der Waals surface area contributed by atoms with Gasteiger partial charge in [0.15, 0.2) is 0 Å². The number of fused-ring (bicyclic) bond motifs is 3. The van der Waals surface area contributed by atoms with E-state index in [0.29, 0.717) is 52.8 Å². The predicted octanol–water partition coefficient (Wildman–Crippen LogP) is 5.61. The van der Waals surface area contributed by atoms with Crippen molar-refractivity contribution in [1.82, 2.24) is 14.0 Å². The summed E-state index contributed by atoms with van der Waals surface area (Å²) in [4.78, 5) is 43.1. The van der Waals surface area contributed by atoms with Crippen LogP contribution in [-0.4, -0.2) is 52.6 Å². The molecule has 1 aliphatic carbocycles. The number of hydrogen-bond donors (Lipinski definition) is 1. The second-order valence-corrected chi connectivity index (χ2v) is 14.1. The van der Waals surface area contributed by atoms with Crippen LogP contribution in [0.3, 0.4) is 0 Å². The summed E-state index contributed by atoms with van der Waals surface area (Å²) < 4.78 is 24.6. The standard InChI is InChI=1S/C37H40FN5O4/c1-22(44)47-21-30-29(25-12-31(35(45)41(5)20-25)39-28-8-6-23(7-9-28)26-18-40(4)19-26)14-27(38)15-32(30)43-11-10-42-33(36(43)46)13-24-16-37(2,3)17-34(24)42/h6-9,12-15,20,26,39H,10-11,16-19,21H2,1-5H3. The molecule has 0 bridgehead atoms. The molecule has 1 amide bonds. The number of pyridine rings is 1. The molecule has 0 radical (unpaired) electrons. The first kappa shape index (κ1) is 30.9. The fourth-order valence-electron chi connectivity index (χ4n) is 7.44. The molecule has 0 unspecified atom stereocenters. The van der Waals surface area contributed by atoms with Crippen LogP contribution in [0.5, 0.6) is 0 Å². The lowest BCUT2D eigenvalue weighted by molar-refractivity contribution is -0.142. The number of carbonyl (C=O) groups excluding carboxylic acids is 2. The normalized spacial score (nSPS) is 17.3. The van der Waals surface area contributed by atoms with Crippen LogP contribution in [-0.2, 0) is 42.6 Å². The van der Waals surface area contributed by atoms with Gasteiger partial charge in [-0.05, 0) is 78.4 Å². The maximum absolute atomic E-state index is 15.5. The number of nitrogens with zero attached hydrogens (tertiary/aromatic N) is 4. The van der Waals surface area contributed by atoms with E-state index < -0.39 is 11.8 Å². The zero-order valence-corrected chi connectivity index (χ0v) is 27.5. The molecule has 0 saturated carbocycles. The van der Waals surface area contributed by atoms with Gasteiger partial charge in [-0.2, -0.15) is 0 Å². The number of likely N-dealkylation sites (tertiary alicyclic amines) is 1. The Morgan fingerprint density at radius 1 is 1.02 bits per heavy atom. The third-order valence-corrected chi connectivity index (χ3v) is 9.75. The van der Waals surface area contributed by atoms with Crippen molar-refractivity contribution in [1.29, 1.82) is 0 Å². The molecule has 1 saturated heterocycles. The molecule has 3 aliphatic rings. The number of aryl methyl sites for hydroxylation is 1. The van der Waals surface area contributed by atoms with Crippen LogP contribution in [0.25, 0.3) is 11.1 Å². The highest BCUT2D eigenvalue weighted by molar-refractivity contribution is 6.07. The molecule has 1 fully saturated rings. The van der Waals surface area contributed by atoms with E-state index in [2.05, 4.69) is 47.8 Å². The van der Waals surface area contributed by atoms with Crippen molar-refractivity contribution in [2.45, 2.75) is 52.7 Å². The van der Waals surface area contributed by atoms with Crippen molar-refractivity contribution < 1.29 is 18.7 Å². The van der Waals surface area contributed by atoms with E-state index in [1.54, 1.807) is 24.2 Å². The van der Waals surface area contributed by atoms with Crippen molar-refractivity contribution in [3.63, 3.8) is 0 Å². The van der Waals surface area contributed by atoms with Crippen molar-refractivity contribution in [2.75, 3.05) is 36.9 Å². The second kappa shape index (κ2) is 11.5. The van der Waals surface area contributed by atoms with Gasteiger partial charge >= 0.3 is 5.97 Å². The minimum absolute atomic E-state index is 0.155. The van der Waals surface area contributed by atoms with Crippen molar-refractivity contribution in [3.8, 4) is 11.1 Å². The first-order valence-electron chi connectivity index (χ1n) is 16.1. The van der Waals surface area contributed by atoms with Gasteiger partial charge in [0.2, 0.25) is 0 Å². The summed E-state index contributed by atoms with van der Waals surface area (Å²) in [6.07, 6.45) is 3.45. The Hall–Kier alpha value is -4.70. The van der Waals surface area contributed by atoms with E-state index in [-0.39, 0.29) is 23.5 Å². The molecule has 10 heteroatoms. The third kappa shape index (κ3) is 5.75. The number of rotatable bonds is 7. The number of likely N-dealkylation sites (N-methyl/N-ethyl adjacent to an activating group) is 1. The Morgan fingerprint density at radius 2 is 1.77 bits per heavy atom. The summed E-state index contributed by atoms with van der Waals surface area (Å²) in [6, 6.07) is 14.4. The van der Waals surface area contributed by atoms with Crippen molar-refractivity contribution >= 4 is 28.9 Å². The molecule has 7 rings (SSSR count). The quantitative estimate of drug-likeness (QED) is 0.265. The largest absolute Gasteiger partial charge is 0.461 e. The number of benzene rings is 2. The van der Waals surface area contributed by atoms with E-state index in [0.717, 1.165) is 31.6 Å². The van der Waals surface area contributed by atoms with Crippen LogP contribution in [0.4, 0.5) is 21.5 Å². The third-order valence-electron chi connectivity index (χ3n) is 9.75. The highest BCUT2D eigenvalue weighted by Gasteiger charge is 2.37. The van der Waals surface area contributed by atoms with Crippen LogP contribution in [0, 0.1) is 11.2 Å². The minimum Gasteiger partial charge on any atom is -0.461 e. The molecule has 244 valence electrons. The molecule has 0 spiro atoms. The molecule has 0 atom stereocenters. The minimum atomic E-state index is -0.542. The van der Waals surface area contributed by atoms with Gasteiger partial charge in [-0.25, -0.2) is 4.39 Å². The summed E-state index contributed by atoms with van der Waals surface area (Å²) in [5.74, 6) is -0.750. The van der Waals surface area contributed by atoms with Crippen LogP contribution in [0.2, 0.25) is 0 Å². The molecule has 4 heterocycles. The summed E-state index contributed by atoms with van der Waals surface area (Å²) in [7, 11) is 3.74. The van der Waals surface area contributed by atoms with E-state index in [9.17, 15) is 14.4 Å². The zero-order valence-electron chi connectivity index (χ0n) is 27.5. The molecular weight excluding hydrogens is 597 g/mol. The molecule has 1 N–H and O–H groups in total. The van der Waals surface area contributed by atoms with E-state index in [1.165, 1.54) is 40.4 Å². The first-order valence-corrected chi connectivity index (χ1v) is 16.1. The zero-order chi connectivity index (χ0) is 33.2. The van der Waals surface area contributed by atoms with Crippen LogP contribution >= 0.6 is 0 Å². The van der Waals surface area contributed by atoms with Crippen molar-refractivity contribution in [3.05, 3.63) is 99.0 Å². The summed E-state index contributed by atoms with van der Waals surface area (Å²) in [5, 5.41) is 3.25. The summed E-state index contributed by atoms with van der Waals surface area (Å²) >= 11 is 0. The van der Waals surface area contributed by atoms with Gasteiger partial charge in [0.25, 0.3) is 11.5 Å². The number of esters is 1. The lowest BCUT2D eigenvalue weighted by atomic mass is 9.90. The van der Waals surface area contributed by atoms with Gasteiger partial charge in [0, 0.05) is 74.8 Å². The Morgan fingerprint density at radius 3 is 2.47 bits per heavy atom. The van der Waals surface area contributed by atoms with Gasteiger partial charge in [-0.15, -0.1) is 0 Å². The number of amides is 1. The fraction of sp³-hybridized carbons (Fsp3) is 0.378. The Bertz CT molecular complexity index is 1970. The predicted molar refractivity (Wildman–Crippen MR) is 180 cm³/mol. The van der Waals surface area contributed by atoms with Crippen LogP contribution in [0.15, 0.2) is 59.5 Å². The number of hydrogen-bond acceptors (Lipinski definition) is 6. The van der Waals surface area contributed by atoms with E-state index in [1.807, 2.05) is 18.2 Å². The van der Waals surface area contributed by atoms with E-state index >= 15 is 4.39 Å². The number of halogens is 1.